The summed E-state index contributed by atoms with van der Waals surface area (Å²) in [5.41, 5.74) is 1.28. The quantitative estimate of drug-likeness (QED) is 0.0447. The van der Waals surface area contributed by atoms with Gasteiger partial charge in [-0.3, -0.25) is 24.0 Å². The van der Waals surface area contributed by atoms with E-state index in [0.29, 0.717) is 0 Å². The van der Waals surface area contributed by atoms with Gasteiger partial charge in [0.25, 0.3) is 0 Å². The van der Waals surface area contributed by atoms with E-state index in [1.165, 1.54) is 34.5 Å². The zero-order valence-electron chi connectivity index (χ0n) is 57.0. The zero-order valence-corrected chi connectivity index (χ0v) is 57.0. The number of rotatable bonds is 17. The fourth-order valence-electron chi connectivity index (χ4n) is 17.7. The molecular weight excluding hydrogens is 1280 g/mol. The molecule has 530 valence electrons. The Morgan fingerprint density at radius 3 is 1.45 bits per heavy atom. The molecule has 0 aromatic heterocycles. The second-order valence-corrected chi connectivity index (χ2v) is 27.4. The molecule has 22 atom stereocenters. The number of allylic oxidation sites excluding steroid dienone is 3. The number of carbonyl (C=O) groups excluding carboxylic acids is 3. The van der Waals surface area contributed by atoms with Crippen molar-refractivity contribution in [2.24, 2.45) is 11.8 Å². The van der Waals surface area contributed by atoms with E-state index >= 15 is 14.4 Å². The number of ketones is 3. The van der Waals surface area contributed by atoms with Gasteiger partial charge in [0.2, 0.25) is 0 Å². The predicted molar refractivity (Wildman–Crippen MR) is 344 cm³/mol. The summed E-state index contributed by atoms with van der Waals surface area (Å²) in [5.74, 6) is -11.7. The lowest BCUT2D eigenvalue weighted by atomic mass is 9.54. The normalized spacial score (nSPS) is 36.6. The van der Waals surface area contributed by atoms with Crippen LogP contribution < -0.4 is 16.2 Å². The number of hydrogen-bond acceptors (Lipinski definition) is 26. The predicted octanol–water partition coefficient (Wildman–Crippen LogP) is 3.91. The highest BCUT2D eigenvalue weighted by Gasteiger charge is 2.72. The van der Waals surface area contributed by atoms with Crippen molar-refractivity contribution in [1.82, 2.24) is 9.80 Å². The summed E-state index contributed by atoms with van der Waals surface area (Å²) in [6.07, 6.45) is -18.6. The number of phenolic OH excluding ortho intramolecular Hbond substituents is 4. The zero-order chi connectivity index (χ0) is 71.0. The van der Waals surface area contributed by atoms with E-state index in [1.54, 1.807) is 79.5 Å². The molecule has 98 heavy (non-hydrogen) atoms. The number of methoxy groups -OCH3 is 4. The van der Waals surface area contributed by atoms with Gasteiger partial charge >= 0.3 is 5.36 Å². The van der Waals surface area contributed by atoms with E-state index in [2.05, 4.69) is 4.79 Å². The average molecular weight is 1370 g/mol. The van der Waals surface area contributed by atoms with Gasteiger partial charge in [-0.2, -0.15) is 4.79 Å². The molecule has 0 amide bonds. The fraction of sp³-hybridized carbons (Fsp3) is 0.600. The number of aliphatic hydroxyl groups is 3. The summed E-state index contributed by atoms with van der Waals surface area (Å²) in [4.78, 5) is 86.9. The Balaban J connectivity index is 1.23. The van der Waals surface area contributed by atoms with E-state index < -0.39 is 257 Å². The Morgan fingerprint density at radius 2 is 1.00 bits per heavy atom. The smallest absolute Gasteiger partial charge is 0.333 e. The summed E-state index contributed by atoms with van der Waals surface area (Å²) in [7, 11) is 12.9. The van der Waals surface area contributed by atoms with Crippen LogP contribution in [0.1, 0.15) is 118 Å². The maximum atomic E-state index is 17.9. The van der Waals surface area contributed by atoms with Gasteiger partial charge in [0.15, 0.2) is 53.4 Å². The summed E-state index contributed by atoms with van der Waals surface area (Å²) in [6, 6.07) is 2.63. The molecule has 8 aliphatic rings. The van der Waals surface area contributed by atoms with E-state index in [-0.39, 0.29) is 43.3 Å². The molecule has 7 N–H and O–H groups in total. The van der Waals surface area contributed by atoms with Crippen LogP contribution in [0, 0.1) is 11.8 Å². The number of fused-ring (bicyclic) bond motifs is 7. The van der Waals surface area contributed by atoms with Crippen LogP contribution in [-0.2, 0) is 61.6 Å². The van der Waals surface area contributed by atoms with Crippen molar-refractivity contribution in [3.05, 3.63) is 106 Å². The average Bonchev–Trinajstić information content (AvgIpc) is 1.46. The molecule has 28 heteroatoms. The summed E-state index contributed by atoms with van der Waals surface area (Å²) in [6.45, 7) is 10.1. The Bertz CT molecular complexity index is 4150. The molecule has 0 spiro atoms. The summed E-state index contributed by atoms with van der Waals surface area (Å²) < 4.78 is 81.0. The van der Waals surface area contributed by atoms with Gasteiger partial charge in [0.05, 0.1) is 100 Å². The van der Waals surface area contributed by atoms with Crippen molar-refractivity contribution >= 4 is 44.7 Å². The molecule has 4 aromatic rings. The number of carbonyl (C=O) groups is 3. The SMILES string of the molecule is CC[C@@]1(O[C@H]2C[C@H](OC)[C@@H](OC)[C@H](C)O2)[C@H](O[C@@H]2C[C@H](O)[C@@H](N(C)C)[C@H](C)O2)C2=CC3=C(O)c4c(O)ccc(O)c4C(=O)C3=C2C(=O)[C@@H]1[C@H]1C(=O)c2c(c(=[N+]=[N-])c3c(O)c4c(=O)ccc(=O)c4c(O)c23)[C@@H](O[C@@H]2C[C@H](O)[C@@H](N(C)C)[C@H](C)O2)[C@@]1(CC)O[C@H]1C[C@H](OC)[C@@H](OC)[C@H](C)O1. The lowest BCUT2D eigenvalue weighted by Gasteiger charge is -2.58. The molecule has 4 heterocycles. The third kappa shape index (κ3) is 10.8. The second kappa shape index (κ2) is 26.6. The standard InChI is InChI=1S/C70H86N4O24/c1-15-69(97-42-24-38(87-11)65(89-13)28(5)93-42)54(63(85)45-31(67(69)95-40-22-36(79)57(73(7)8)26(3)91-40)21-30-44(45)60(82)47-33(76)18-17-32(75)46(47)59(30)81)55-64(86)51-50-52(62(84)49-35(78)20-19-34(77)48(49)61(50)83)56(72-71)53(51)68(96-41-23-37(80)58(74(9)10)27(4)92-41)70(55,16-2)98-43-25-39(88-12)66(90-14)29(6)94-43/h17-21,26-29,36-43,54-55,57-58,65-68,75-76,79-81,83-84H,15-16,22-25H2,1-14H3/t26-,27-,28-,29-,36-,37-,38-,39-,40+,41+,42-,43-,54-,55-,57-,58-,65-,66-,67+,68+,69-,70-/m0/s1. The van der Waals surface area contributed by atoms with Crippen LogP contribution in [0.3, 0.4) is 0 Å². The molecular formula is C70H86N4O24. The summed E-state index contributed by atoms with van der Waals surface area (Å²) >= 11 is 0. The molecule has 4 aliphatic heterocycles. The van der Waals surface area contributed by atoms with Crippen molar-refractivity contribution in [3.63, 3.8) is 0 Å². The Labute approximate surface area is 563 Å². The molecule has 4 aromatic carbocycles. The minimum Gasteiger partial charge on any atom is -0.507 e. The Hall–Kier alpha value is -6.77. The Kier molecular flexibility index (Phi) is 19.3. The third-order valence-corrected chi connectivity index (χ3v) is 21.8. The van der Waals surface area contributed by atoms with Gasteiger partial charge in [-0.25, -0.2) is 0 Å². The Morgan fingerprint density at radius 1 is 0.551 bits per heavy atom. The highest BCUT2D eigenvalue weighted by atomic mass is 16.7. The molecule has 0 radical (unpaired) electrons. The highest BCUT2D eigenvalue weighted by molar-refractivity contribution is 6.28. The van der Waals surface area contributed by atoms with Crippen LogP contribution >= 0.6 is 0 Å². The van der Waals surface area contributed by atoms with Gasteiger partial charge in [-0.05, 0) is 105 Å². The number of likely N-dealkylation sites (N-methyl/N-ethyl adjacent to an activating group) is 2. The van der Waals surface area contributed by atoms with Crippen molar-refractivity contribution in [2.75, 3.05) is 56.6 Å². The van der Waals surface area contributed by atoms with E-state index in [1.807, 2.05) is 0 Å². The van der Waals surface area contributed by atoms with Gasteiger partial charge in [-0.15, -0.1) is 0 Å². The third-order valence-electron chi connectivity index (χ3n) is 21.8. The topological polar surface area (TPSA) is 381 Å². The number of hydrogen-bond donors (Lipinski definition) is 7. The van der Waals surface area contributed by atoms with Gasteiger partial charge < -0.3 is 108 Å². The molecule has 0 unspecified atom stereocenters. The van der Waals surface area contributed by atoms with Crippen LogP contribution in [0.2, 0.25) is 0 Å². The first-order chi connectivity index (χ1) is 46.5. The molecule has 5 fully saturated rings. The van der Waals surface area contributed by atoms with Crippen molar-refractivity contribution in [2.45, 2.75) is 202 Å². The van der Waals surface area contributed by atoms with Crippen LogP contribution in [0.4, 0.5) is 0 Å². The number of Topliss-reactive ketones (excluding diaryl/α,β-unsaturated/α-hetero) is 3. The molecule has 28 nitrogen and oxygen atoms in total. The monoisotopic (exact) mass is 1370 g/mol. The first-order valence-electron chi connectivity index (χ1n) is 33.1. The van der Waals surface area contributed by atoms with Gasteiger partial charge in [-0.1, -0.05) is 13.8 Å². The number of benzene rings is 3. The lowest BCUT2D eigenvalue weighted by Crippen LogP contribution is -2.70. The summed E-state index contributed by atoms with van der Waals surface area (Å²) in [5, 5.41) is 82.1. The van der Waals surface area contributed by atoms with Crippen molar-refractivity contribution in [1.29, 1.82) is 0 Å². The number of ether oxygens (including phenoxy) is 12. The van der Waals surface area contributed by atoms with E-state index in [4.69, 9.17) is 56.8 Å². The minimum atomic E-state index is -2.53. The second-order valence-electron chi connectivity index (χ2n) is 27.4. The fourth-order valence-corrected chi connectivity index (χ4v) is 17.7. The van der Waals surface area contributed by atoms with Crippen molar-refractivity contribution < 1.29 is 112 Å². The van der Waals surface area contributed by atoms with E-state index in [0.717, 1.165) is 24.3 Å². The highest BCUT2D eigenvalue weighted by Crippen LogP contribution is 2.63. The van der Waals surface area contributed by atoms with Crippen molar-refractivity contribution in [3.8, 4) is 23.0 Å². The van der Waals surface area contributed by atoms with Gasteiger partial charge in [0, 0.05) is 81.8 Å². The van der Waals surface area contributed by atoms with Gasteiger partial charge in [0.1, 0.15) is 69.8 Å². The molecule has 12 rings (SSSR count). The number of nitrogens with zero attached hydrogens (tertiary/aromatic N) is 4. The van der Waals surface area contributed by atoms with E-state index in [9.17, 15) is 50.9 Å². The number of aromatic hydroxyl groups is 4. The lowest BCUT2D eigenvalue weighted by molar-refractivity contribution is -0.350. The molecule has 0 bridgehead atoms. The maximum absolute atomic E-state index is 17.9. The molecule has 1 saturated carbocycles. The number of phenols is 4. The molecule has 4 saturated heterocycles. The first-order valence-corrected chi connectivity index (χ1v) is 33.1. The number of aliphatic hydroxyl groups excluding tert-OH is 3. The largest absolute Gasteiger partial charge is 0.507 e. The van der Waals surface area contributed by atoms with Crippen LogP contribution in [-0.4, -0.2) is 240 Å². The minimum absolute atomic E-state index is 0.126. The van der Waals surface area contributed by atoms with Crippen LogP contribution in [0.5, 0.6) is 23.0 Å². The van der Waals surface area contributed by atoms with Crippen LogP contribution in [0.15, 0.2) is 62.2 Å². The van der Waals surface area contributed by atoms with Crippen LogP contribution in [0.25, 0.3) is 32.8 Å². The molecule has 4 aliphatic carbocycles. The first kappa shape index (κ1) is 71.1. The maximum Gasteiger partial charge on any atom is 0.333 e.